The number of hydrogen-bond donors (Lipinski definition) is 2. The van der Waals surface area contributed by atoms with Gasteiger partial charge in [0.15, 0.2) is 6.54 Å². The first kappa shape index (κ1) is 16.8. The molecule has 0 saturated carbocycles. The van der Waals surface area contributed by atoms with Crippen molar-refractivity contribution < 1.29 is 9.69 Å². The average molecular weight is 372 g/mol. The van der Waals surface area contributed by atoms with Crippen LogP contribution in [0.3, 0.4) is 0 Å². The van der Waals surface area contributed by atoms with Crippen molar-refractivity contribution in [3.63, 3.8) is 0 Å². The minimum atomic E-state index is 0.190. The van der Waals surface area contributed by atoms with Crippen LogP contribution in [0.25, 0.3) is 0 Å². The maximum absolute atomic E-state index is 11.9. The monoisotopic (exact) mass is 371 g/mol. The molecule has 2 atom stereocenters. The van der Waals surface area contributed by atoms with E-state index in [1.54, 1.807) is 11.8 Å². The molecular weight excluding hydrogens is 348 g/mol. The average Bonchev–Trinajstić information content (AvgIpc) is 2.45. The second kappa shape index (κ2) is 8.81. The maximum atomic E-state index is 11.9. The lowest BCUT2D eigenvalue weighted by Gasteiger charge is -2.27. The fraction of sp³-hybridized carbons (Fsp3) is 0.562. The van der Waals surface area contributed by atoms with Gasteiger partial charge in [-0.2, -0.15) is 0 Å². The van der Waals surface area contributed by atoms with E-state index in [4.69, 9.17) is 0 Å². The molecule has 21 heavy (non-hydrogen) atoms. The molecule has 0 spiro atoms. The number of benzene rings is 1. The van der Waals surface area contributed by atoms with Gasteiger partial charge in [0.2, 0.25) is 0 Å². The van der Waals surface area contributed by atoms with Gasteiger partial charge in [0, 0.05) is 27.6 Å². The lowest BCUT2D eigenvalue weighted by molar-refractivity contribution is -0.900. The molecule has 5 heteroatoms. The van der Waals surface area contributed by atoms with Crippen LogP contribution in [0.1, 0.15) is 19.8 Å². The third kappa shape index (κ3) is 6.41. The number of carbonyl (C=O) groups excluding carboxylic acids is 1. The molecule has 0 aliphatic carbocycles. The molecule has 0 radical (unpaired) electrons. The van der Waals surface area contributed by atoms with Gasteiger partial charge in [0.05, 0.1) is 13.1 Å². The molecule has 2 N–H and O–H groups in total. The highest BCUT2D eigenvalue weighted by atomic mass is 79.9. The molecule has 0 bridgehead atoms. The summed E-state index contributed by atoms with van der Waals surface area (Å²) in [4.78, 5) is 14.6. The molecule has 2 rings (SSSR count). The molecule has 1 unspecified atom stereocenters. The molecule has 116 valence electrons. The van der Waals surface area contributed by atoms with Crippen molar-refractivity contribution in [2.75, 3.05) is 31.9 Å². The Labute approximate surface area is 140 Å². The predicted molar refractivity (Wildman–Crippen MR) is 91.8 cm³/mol. The van der Waals surface area contributed by atoms with Crippen molar-refractivity contribution in [2.45, 2.75) is 24.7 Å². The maximum Gasteiger partial charge on any atom is 0.275 e. The number of rotatable bonds is 6. The summed E-state index contributed by atoms with van der Waals surface area (Å²) in [6, 6.07) is 8.27. The van der Waals surface area contributed by atoms with E-state index in [2.05, 4.69) is 40.3 Å². The summed E-state index contributed by atoms with van der Waals surface area (Å²) < 4.78 is 1.10. The largest absolute Gasteiger partial charge is 0.350 e. The second-order valence-corrected chi connectivity index (χ2v) is 7.86. The van der Waals surface area contributed by atoms with E-state index in [0.29, 0.717) is 6.54 Å². The quantitative estimate of drug-likeness (QED) is 0.592. The number of likely N-dealkylation sites (tertiary alicyclic amines) is 1. The molecule has 1 aliphatic rings. The first-order valence-corrected chi connectivity index (χ1v) is 9.40. The van der Waals surface area contributed by atoms with E-state index < -0.39 is 0 Å². The summed E-state index contributed by atoms with van der Waals surface area (Å²) in [5.41, 5.74) is 0. The zero-order chi connectivity index (χ0) is 15.1. The van der Waals surface area contributed by atoms with Crippen molar-refractivity contribution in [1.29, 1.82) is 0 Å². The smallest absolute Gasteiger partial charge is 0.275 e. The zero-order valence-corrected chi connectivity index (χ0v) is 14.9. The third-order valence-electron chi connectivity index (χ3n) is 3.78. The fourth-order valence-electron chi connectivity index (χ4n) is 2.74. The molecule has 1 aromatic carbocycles. The lowest BCUT2D eigenvalue weighted by Crippen LogP contribution is -3.14. The first-order chi connectivity index (χ1) is 10.1. The summed E-state index contributed by atoms with van der Waals surface area (Å²) in [7, 11) is 0. The van der Waals surface area contributed by atoms with Crippen LogP contribution in [0.4, 0.5) is 0 Å². The number of halogens is 1. The number of hydrogen-bond acceptors (Lipinski definition) is 2. The minimum Gasteiger partial charge on any atom is -0.350 e. The molecule has 1 amide bonds. The standard InChI is InChI=1S/C16H23BrN2OS/c1-13-3-2-9-19(11-13)12-16(20)18-8-10-21-15-6-4-14(17)5-7-15/h4-7,13H,2-3,8-12H2,1H3,(H,18,20)/p+1/t13-/m0/s1. The molecule has 1 aromatic rings. The second-order valence-electron chi connectivity index (χ2n) is 5.78. The third-order valence-corrected chi connectivity index (χ3v) is 5.32. The molecule has 3 nitrogen and oxygen atoms in total. The highest BCUT2D eigenvalue weighted by Crippen LogP contribution is 2.19. The van der Waals surface area contributed by atoms with Gasteiger partial charge < -0.3 is 10.2 Å². The predicted octanol–water partition coefficient (Wildman–Crippen LogP) is 1.97. The van der Waals surface area contributed by atoms with E-state index >= 15 is 0 Å². The Hall–Kier alpha value is -0.520. The summed E-state index contributed by atoms with van der Waals surface area (Å²) in [5.74, 6) is 1.86. The van der Waals surface area contributed by atoms with Crippen molar-refractivity contribution in [3.05, 3.63) is 28.7 Å². The van der Waals surface area contributed by atoms with Crippen LogP contribution in [0, 0.1) is 5.92 Å². The topological polar surface area (TPSA) is 33.5 Å². The van der Waals surface area contributed by atoms with Gasteiger partial charge in [-0.15, -0.1) is 11.8 Å². The van der Waals surface area contributed by atoms with Gasteiger partial charge in [-0.3, -0.25) is 4.79 Å². The van der Waals surface area contributed by atoms with E-state index in [9.17, 15) is 4.79 Å². The van der Waals surface area contributed by atoms with Crippen LogP contribution >= 0.6 is 27.7 Å². The van der Waals surface area contributed by atoms with Gasteiger partial charge in [-0.1, -0.05) is 22.9 Å². The van der Waals surface area contributed by atoms with Crippen LogP contribution in [-0.4, -0.2) is 37.8 Å². The number of nitrogens with one attached hydrogen (secondary N) is 2. The SMILES string of the molecule is C[C@H]1CCC[NH+](CC(=O)NCCSc2ccc(Br)cc2)C1. The van der Waals surface area contributed by atoms with Crippen molar-refractivity contribution in [2.24, 2.45) is 5.92 Å². The fourth-order valence-corrected chi connectivity index (χ4v) is 3.77. The highest BCUT2D eigenvalue weighted by Gasteiger charge is 2.21. The summed E-state index contributed by atoms with van der Waals surface area (Å²) in [5, 5.41) is 3.04. The Kier molecular flexibility index (Phi) is 7.07. The lowest BCUT2D eigenvalue weighted by atomic mass is 10.0. The highest BCUT2D eigenvalue weighted by molar-refractivity contribution is 9.10. The number of carbonyl (C=O) groups is 1. The van der Waals surface area contributed by atoms with Crippen LogP contribution in [0.15, 0.2) is 33.6 Å². The number of thioether (sulfide) groups is 1. The van der Waals surface area contributed by atoms with Crippen molar-refractivity contribution >= 4 is 33.6 Å². The summed E-state index contributed by atoms with van der Waals surface area (Å²) in [6.07, 6.45) is 2.57. The summed E-state index contributed by atoms with van der Waals surface area (Å²) >= 11 is 5.20. The minimum absolute atomic E-state index is 0.190. The van der Waals surface area contributed by atoms with Crippen LogP contribution in [-0.2, 0) is 4.79 Å². The Balaban J connectivity index is 1.59. The van der Waals surface area contributed by atoms with E-state index in [1.165, 1.54) is 22.6 Å². The molecule has 1 fully saturated rings. The first-order valence-electron chi connectivity index (χ1n) is 7.62. The van der Waals surface area contributed by atoms with Crippen LogP contribution in [0.5, 0.6) is 0 Å². The number of piperidine rings is 1. The Morgan fingerprint density at radius 3 is 2.90 bits per heavy atom. The Bertz CT molecular complexity index is 452. The van der Waals surface area contributed by atoms with E-state index in [-0.39, 0.29) is 5.91 Å². The molecule has 1 saturated heterocycles. The molecular formula is C16H24BrN2OS+. The summed E-state index contributed by atoms with van der Waals surface area (Å²) in [6.45, 7) is 5.94. The van der Waals surface area contributed by atoms with Gasteiger partial charge in [-0.25, -0.2) is 0 Å². The normalized spacial score (nSPS) is 22.0. The number of amides is 1. The van der Waals surface area contributed by atoms with E-state index in [0.717, 1.165) is 35.8 Å². The van der Waals surface area contributed by atoms with Crippen molar-refractivity contribution in [1.82, 2.24) is 5.32 Å². The van der Waals surface area contributed by atoms with E-state index in [1.807, 2.05) is 12.1 Å². The van der Waals surface area contributed by atoms with Crippen LogP contribution in [0.2, 0.25) is 0 Å². The Morgan fingerprint density at radius 2 is 2.19 bits per heavy atom. The van der Waals surface area contributed by atoms with Crippen LogP contribution < -0.4 is 10.2 Å². The Morgan fingerprint density at radius 1 is 1.43 bits per heavy atom. The molecule has 1 heterocycles. The van der Waals surface area contributed by atoms with Gasteiger partial charge in [0.1, 0.15) is 0 Å². The number of quaternary nitrogens is 1. The molecule has 1 aliphatic heterocycles. The van der Waals surface area contributed by atoms with Gasteiger partial charge >= 0.3 is 0 Å². The van der Waals surface area contributed by atoms with Crippen molar-refractivity contribution in [3.8, 4) is 0 Å². The zero-order valence-electron chi connectivity index (χ0n) is 12.5. The molecule has 0 aromatic heterocycles. The van der Waals surface area contributed by atoms with Gasteiger partial charge in [0.25, 0.3) is 5.91 Å². The van der Waals surface area contributed by atoms with Gasteiger partial charge in [-0.05, 0) is 37.1 Å².